The zero-order valence-corrected chi connectivity index (χ0v) is 10.1. The molecule has 0 unspecified atom stereocenters. The van der Waals surface area contributed by atoms with E-state index in [1.807, 2.05) is 0 Å². The Kier molecular flexibility index (Phi) is 6.23. The van der Waals surface area contributed by atoms with Gasteiger partial charge in [0, 0.05) is 12.6 Å². The van der Waals surface area contributed by atoms with Crippen molar-refractivity contribution in [1.82, 2.24) is 5.32 Å². The fourth-order valence-corrected chi connectivity index (χ4v) is 2.01. The molecule has 2 N–H and O–H groups in total. The summed E-state index contributed by atoms with van der Waals surface area (Å²) in [5, 5.41) is 11.9. The summed E-state index contributed by atoms with van der Waals surface area (Å²) in [6.45, 7) is 2.85. The lowest BCUT2D eigenvalue weighted by atomic mass is 9.87. The number of nitrogens with one attached hydrogen (secondary N) is 1. The lowest BCUT2D eigenvalue weighted by molar-refractivity contribution is 0.131. The minimum absolute atomic E-state index is 0.233. The van der Waals surface area contributed by atoms with Crippen molar-refractivity contribution in [2.24, 2.45) is 5.92 Å². The third-order valence-electron chi connectivity index (χ3n) is 3.16. The van der Waals surface area contributed by atoms with Crippen LogP contribution in [-0.4, -0.2) is 30.5 Å². The van der Waals surface area contributed by atoms with Crippen LogP contribution in [0.2, 0.25) is 0 Å². The molecule has 1 amide bonds. The maximum atomic E-state index is 11.4. The van der Waals surface area contributed by atoms with Crippen molar-refractivity contribution in [2.45, 2.75) is 51.5 Å². The zero-order chi connectivity index (χ0) is 11.8. The summed E-state index contributed by atoms with van der Waals surface area (Å²) in [5.41, 5.74) is 0. The second-order valence-corrected chi connectivity index (χ2v) is 4.53. The molecule has 0 heterocycles. The Morgan fingerprint density at radius 3 is 2.62 bits per heavy atom. The number of unbranched alkanes of at least 4 members (excludes halogenated alkanes) is 1. The molecule has 0 aromatic carbocycles. The van der Waals surface area contributed by atoms with Crippen LogP contribution in [0.5, 0.6) is 0 Å². The maximum absolute atomic E-state index is 11.4. The lowest BCUT2D eigenvalue weighted by Gasteiger charge is -2.27. The van der Waals surface area contributed by atoms with E-state index >= 15 is 0 Å². The number of aliphatic hydroxyl groups is 1. The number of carbonyl (C=O) groups is 1. The molecule has 4 nitrogen and oxygen atoms in total. The quantitative estimate of drug-likeness (QED) is 0.709. The van der Waals surface area contributed by atoms with Crippen molar-refractivity contribution in [2.75, 3.05) is 13.2 Å². The summed E-state index contributed by atoms with van der Waals surface area (Å²) in [4.78, 5) is 11.4. The van der Waals surface area contributed by atoms with Crippen LogP contribution < -0.4 is 5.32 Å². The van der Waals surface area contributed by atoms with Gasteiger partial charge in [-0.15, -0.1) is 0 Å². The Balaban J connectivity index is 2.10. The average molecular weight is 229 g/mol. The van der Waals surface area contributed by atoms with Crippen LogP contribution in [0.1, 0.15) is 45.4 Å². The van der Waals surface area contributed by atoms with Gasteiger partial charge in [0.25, 0.3) is 0 Å². The highest BCUT2D eigenvalue weighted by Crippen LogP contribution is 2.23. The minimum Gasteiger partial charge on any atom is -0.450 e. The summed E-state index contributed by atoms with van der Waals surface area (Å²) >= 11 is 0. The molecule has 0 saturated heterocycles. The van der Waals surface area contributed by atoms with E-state index in [9.17, 15) is 4.79 Å². The van der Waals surface area contributed by atoms with Gasteiger partial charge in [0.15, 0.2) is 0 Å². The third kappa shape index (κ3) is 4.84. The SMILES string of the molecule is CCCCOC(=O)NC1CCC(CO)CC1. The summed E-state index contributed by atoms with van der Waals surface area (Å²) in [6.07, 6.45) is 5.56. The predicted molar refractivity (Wildman–Crippen MR) is 62.2 cm³/mol. The molecule has 16 heavy (non-hydrogen) atoms. The summed E-state index contributed by atoms with van der Waals surface area (Å²) in [7, 11) is 0. The number of alkyl carbamates (subject to hydrolysis) is 1. The van der Waals surface area contributed by atoms with E-state index in [1.165, 1.54) is 0 Å². The number of amides is 1. The standard InChI is InChI=1S/C12H23NO3/c1-2-3-8-16-12(15)13-11-6-4-10(9-14)5-7-11/h10-11,14H,2-9H2,1H3,(H,13,15). The van der Waals surface area contributed by atoms with Crippen molar-refractivity contribution in [3.05, 3.63) is 0 Å². The highest BCUT2D eigenvalue weighted by atomic mass is 16.5. The Morgan fingerprint density at radius 1 is 1.38 bits per heavy atom. The molecule has 94 valence electrons. The molecule has 1 fully saturated rings. The monoisotopic (exact) mass is 229 g/mol. The number of rotatable bonds is 5. The van der Waals surface area contributed by atoms with E-state index in [-0.39, 0.29) is 18.7 Å². The molecule has 0 bridgehead atoms. The van der Waals surface area contributed by atoms with Crippen LogP contribution in [0.3, 0.4) is 0 Å². The zero-order valence-electron chi connectivity index (χ0n) is 10.1. The average Bonchev–Trinajstić information content (AvgIpc) is 2.30. The summed E-state index contributed by atoms with van der Waals surface area (Å²) in [5.74, 6) is 0.425. The lowest BCUT2D eigenvalue weighted by Crippen LogP contribution is -2.38. The maximum Gasteiger partial charge on any atom is 0.407 e. The molecule has 0 aliphatic heterocycles. The van der Waals surface area contributed by atoms with E-state index in [4.69, 9.17) is 9.84 Å². The van der Waals surface area contributed by atoms with Crippen LogP contribution in [0.4, 0.5) is 4.79 Å². The molecular formula is C12H23NO3. The van der Waals surface area contributed by atoms with E-state index in [0.29, 0.717) is 12.5 Å². The third-order valence-corrected chi connectivity index (χ3v) is 3.16. The molecule has 1 saturated carbocycles. The van der Waals surface area contributed by atoms with Gasteiger partial charge < -0.3 is 15.2 Å². The molecule has 0 aromatic rings. The van der Waals surface area contributed by atoms with Crippen LogP contribution in [0, 0.1) is 5.92 Å². The van der Waals surface area contributed by atoms with Crippen LogP contribution >= 0.6 is 0 Å². The Hall–Kier alpha value is -0.770. The fraction of sp³-hybridized carbons (Fsp3) is 0.917. The number of carbonyl (C=O) groups excluding carboxylic acids is 1. The van der Waals surface area contributed by atoms with Gasteiger partial charge in [0.1, 0.15) is 0 Å². The highest BCUT2D eigenvalue weighted by molar-refractivity contribution is 5.67. The first-order valence-corrected chi connectivity index (χ1v) is 6.30. The molecular weight excluding hydrogens is 206 g/mol. The molecule has 0 atom stereocenters. The first-order chi connectivity index (χ1) is 7.76. The first-order valence-electron chi connectivity index (χ1n) is 6.30. The van der Waals surface area contributed by atoms with E-state index < -0.39 is 0 Å². The summed E-state index contributed by atoms with van der Waals surface area (Å²) in [6, 6.07) is 0.233. The van der Waals surface area contributed by atoms with Gasteiger partial charge in [-0.1, -0.05) is 13.3 Å². The second kappa shape index (κ2) is 7.49. The van der Waals surface area contributed by atoms with E-state index in [2.05, 4.69) is 12.2 Å². The van der Waals surface area contributed by atoms with Gasteiger partial charge in [0.2, 0.25) is 0 Å². The Morgan fingerprint density at radius 2 is 2.06 bits per heavy atom. The first kappa shape index (κ1) is 13.3. The van der Waals surface area contributed by atoms with Gasteiger partial charge in [0.05, 0.1) is 6.61 Å². The van der Waals surface area contributed by atoms with Gasteiger partial charge in [-0.25, -0.2) is 4.79 Å². The largest absolute Gasteiger partial charge is 0.450 e. The van der Waals surface area contributed by atoms with Crippen molar-refractivity contribution in [3.8, 4) is 0 Å². The van der Waals surface area contributed by atoms with Crippen LogP contribution in [-0.2, 0) is 4.74 Å². The number of hydrogen-bond acceptors (Lipinski definition) is 3. The van der Waals surface area contributed by atoms with Crippen molar-refractivity contribution < 1.29 is 14.6 Å². The minimum atomic E-state index is -0.291. The molecule has 0 radical (unpaired) electrons. The normalized spacial score (nSPS) is 25.1. The molecule has 1 aliphatic rings. The Bertz CT molecular complexity index is 200. The smallest absolute Gasteiger partial charge is 0.407 e. The predicted octanol–water partition coefficient (Wildman–Crippen LogP) is 2.06. The molecule has 1 rings (SSSR count). The van der Waals surface area contributed by atoms with Crippen molar-refractivity contribution in [3.63, 3.8) is 0 Å². The molecule has 1 aliphatic carbocycles. The van der Waals surface area contributed by atoms with Crippen LogP contribution in [0.25, 0.3) is 0 Å². The number of ether oxygens (including phenoxy) is 1. The molecule has 0 aromatic heterocycles. The topological polar surface area (TPSA) is 58.6 Å². The van der Waals surface area contributed by atoms with Gasteiger partial charge >= 0.3 is 6.09 Å². The van der Waals surface area contributed by atoms with Gasteiger partial charge in [-0.2, -0.15) is 0 Å². The van der Waals surface area contributed by atoms with Gasteiger partial charge in [-0.3, -0.25) is 0 Å². The van der Waals surface area contributed by atoms with Gasteiger partial charge in [-0.05, 0) is 38.0 Å². The van der Waals surface area contributed by atoms with E-state index in [0.717, 1.165) is 38.5 Å². The Labute approximate surface area is 97.4 Å². The molecule has 4 heteroatoms. The molecule has 0 spiro atoms. The highest BCUT2D eigenvalue weighted by Gasteiger charge is 2.21. The second-order valence-electron chi connectivity index (χ2n) is 4.53. The number of aliphatic hydroxyl groups excluding tert-OH is 1. The van der Waals surface area contributed by atoms with Crippen molar-refractivity contribution >= 4 is 6.09 Å². The summed E-state index contributed by atoms with van der Waals surface area (Å²) < 4.78 is 5.04. The van der Waals surface area contributed by atoms with E-state index in [1.54, 1.807) is 0 Å². The fourth-order valence-electron chi connectivity index (χ4n) is 2.01. The van der Waals surface area contributed by atoms with Crippen molar-refractivity contribution in [1.29, 1.82) is 0 Å². The number of hydrogen-bond donors (Lipinski definition) is 2. The van der Waals surface area contributed by atoms with Crippen LogP contribution in [0.15, 0.2) is 0 Å².